The highest BCUT2D eigenvalue weighted by Gasteiger charge is 2.34. The number of carbonyl (C=O) groups is 2. The van der Waals surface area contributed by atoms with Gasteiger partial charge in [0.1, 0.15) is 5.01 Å². The molecule has 0 spiro atoms. The quantitative estimate of drug-likeness (QED) is 0.226. The van der Waals surface area contributed by atoms with Crippen LogP contribution in [0.1, 0.15) is 60.8 Å². The number of ether oxygens (including phenoxy) is 2. The smallest absolute Gasteiger partial charge is 0.339 e. The van der Waals surface area contributed by atoms with Gasteiger partial charge in [-0.2, -0.15) is 0 Å². The molecular weight excluding hydrogens is 532 g/mol. The second-order valence-corrected chi connectivity index (χ2v) is 12.2. The number of aryl methyl sites for hydroxylation is 1. The predicted molar refractivity (Wildman–Crippen MR) is 156 cm³/mol. The van der Waals surface area contributed by atoms with Gasteiger partial charge in [0, 0.05) is 40.9 Å². The topological polar surface area (TPSA) is 68.7 Å². The third kappa shape index (κ3) is 5.31. The molecule has 0 bridgehead atoms. The minimum absolute atomic E-state index is 0.0370. The van der Waals surface area contributed by atoms with Gasteiger partial charge in [-0.15, -0.1) is 11.3 Å². The van der Waals surface area contributed by atoms with Gasteiger partial charge in [-0.25, -0.2) is 9.78 Å². The first-order valence-corrected chi connectivity index (χ1v) is 14.1. The Morgan fingerprint density at radius 1 is 1.13 bits per heavy atom. The molecule has 3 aromatic carbocycles. The molecule has 1 aromatic heterocycles. The summed E-state index contributed by atoms with van der Waals surface area (Å²) in [5, 5.41) is 1.46. The van der Waals surface area contributed by atoms with Gasteiger partial charge < -0.3 is 14.4 Å². The SMILES string of the molecule is CCOC(=O)[C@@H](OC(C)(C)C)c1c(C)cc2nc(-c3ccc4c(c3)CN(C)C4=O)sc2c1-c1ccc(Cl)cc1. The van der Waals surface area contributed by atoms with Gasteiger partial charge in [-0.1, -0.05) is 29.8 Å². The van der Waals surface area contributed by atoms with Crippen LogP contribution in [-0.4, -0.2) is 41.0 Å². The van der Waals surface area contributed by atoms with Gasteiger partial charge in [0.15, 0.2) is 6.10 Å². The van der Waals surface area contributed by atoms with Gasteiger partial charge in [0.25, 0.3) is 5.91 Å². The van der Waals surface area contributed by atoms with E-state index in [1.807, 2.05) is 83.3 Å². The molecular formula is C31H31ClN2O4S. The highest BCUT2D eigenvalue weighted by molar-refractivity contribution is 7.22. The molecule has 4 aromatic rings. The average molecular weight is 563 g/mol. The van der Waals surface area contributed by atoms with Crippen molar-refractivity contribution < 1.29 is 19.1 Å². The maximum absolute atomic E-state index is 13.3. The van der Waals surface area contributed by atoms with Crippen LogP contribution < -0.4 is 0 Å². The zero-order valence-corrected chi connectivity index (χ0v) is 24.5. The summed E-state index contributed by atoms with van der Waals surface area (Å²) >= 11 is 7.80. The lowest BCUT2D eigenvalue weighted by molar-refractivity contribution is -0.166. The summed E-state index contributed by atoms with van der Waals surface area (Å²) in [7, 11) is 1.81. The maximum Gasteiger partial charge on any atom is 0.339 e. The Balaban J connectivity index is 1.74. The lowest BCUT2D eigenvalue weighted by Crippen LogP contribution is -2.29. The average Bonchev–Trinajstić information content (AvgIpc) is 3.42. The highest BCUT2D eigenvalue weighted by Crippen LogP contribution is 2.45. The largest absolute Gasteiger partial charge is 0.464 e. The van der Waals surface area contributed by atoms with Crippen molar-refractivity contribution in [3.05, 3.63) is 75.8 Å². The summed E-state index contributed by atoms with van der Waals surface area (Å²) in [5.41, 5.74) is 6.34. The number of hydrogen-bond donors (Lipinski definition) is 0. The molecule has 202 valence electrons. The number of fused-ring (bicyclic) bond motifs is 2. The predicted octanol–water partition coefficient (Wildman–Crippen LogP) is 7.60. The molecule has 0 radical (unpaired) electrons. The van der Waals surface area contributed by atoms with Crippen LogP contribution in [0.4, 0.5) is 0 Å². The van der Waals surface area contributed by atoms with Gasteiger partial charge in [0.2, 0.25) is 0 Å². The van der Waals surface area contributed by atoms with Crippen molar-refractivity contribution in [2.75, 3.05) is 13.7 Å². The van der Waals surface area contributed by atoms with Crippen molar-refractivity contribution in [2.45, 2.75) is 52.9 Å². The van der Waals surface area contributed by atoms with E-state index in [2.05, 4.69) is 0 Å². The van der Waals surface area contributed by atoms with E-state index in [0.717, 1.165) is 54.2 Å². The van der Waals surface area contributed by atoms with Crippen LogP contribution in [0.15, 0.2) is 48.5 Å². The fourth-order valence-corrected chi connectivity index (χ4v) is 6.22. The zero-order valence-electron chi connectivity index (χ0n) is 22.9. The molecule has 6 nitrogen and oxygen atoms in total. The standard InChI is InChI=1S/C31H31ClN2O4S/c1-7-37-30(36)26(38-31(3,4)5)24-17(2)14-23-27(25(24)18-8-11-21(32)12-9-18)39-28(33-23)19-10-13-22-20(15-19)16-34(6)29(22)35/h8-15,26H,7,16H2,1-6H3/t26-/m0/s1. The number of hydrogen-bond acceptors (Lipinski definition) is 6. The third-order valence-corrected chi connectivity index (χ3v) is 8.02. The van der Waals surface area contributed by atoms with Gasteiger partial charge >= 0.3 is 5.97 Å². The van der Waals surface area contributed by atoms with E-state index in [-0.39, 0.29) is 12.5 Å². The Kier molecular flexibility index (Phi) is 7.27. The second kappa shape index (κ2) is 10.4. The monoisotopic (exact) mass is 562 g/mol. The maximum atomic E-state index is 13.3. The summed E-state index contributed by atoms with van der Waals surface area (Å²) in [6.45, 7) is 10.4. The lowest BCUT2D eigenvalue weighted by atomic mass is 9.91. The number of aromatic nitrogens is 1. The van der Waals surface area contributed by atoms with E-state index >= 15 is 0 Å². The molecule has 39 heavy (non-hydrogen) atoms. The fourth-order valence-electron chi connectivity index (χ4n) is 4.97. The van der Waals surface area contributed by atoms with Crippen molar-refractivity contribution in [1.29, 1.82) is 0 Å². The molecule has 5 rings (SSSR count). The van der Waals surface area contributed by atoms with E-state index in [1.54, 1.807) is 23.2 Å². The molecule has 1 aliphatic rings. The Bertz CT molecular complexity index is 1590. The summed E-state index contributed by atoms with van der Waals surface area (Å²) in [6, 6.07) is 15.5. The van der Waals surface area contributed by atoms with Crippen LogP contribution >= 0.6 is 22.9 Å². The summed E-state index contributed by atoms with van der Waals surface area (Å²) in [5.74, 6) is -0.391. The number of benzene rings is 3. The minimum Gasteiger partial charge on any atom is -0.464 e. The normalized spacial score (nSPS) is 14.1. The summed E-state index contributed by atoms with van der Waals surface area (Å²) in [6.07, 6.45) is -0.924. The van der Waals surface area contributed by atoms with E-state index < -0.39 is 17.7 Å². The molecule has 0 saturated carbocycles. The number of amides is 1. The molecule has 1 aliphatic heterocycles. The fraction of sp³-hybridized carbons (Fsp3) is 0.323. The number of halogens is 1. The summed E-state index contributed by atoms with van der Waals surface area (Å²) in [4.78, 5) is 32.4. The van der Waals surface area contributed by atoms with Crippen molar-refractivity contribution in [3.63, 3.8) is 0 Å². The Labute approximate surface area is 237 Å². The molecule has 1 amide bonds. The van der Waals surface area contributed by atoms with Gasteiger partial charge in [0.05, 0.1) is 22.4 Å². The summed E-state index contributed by atoms with van der Waals surface area (Å²) < 4.78 is 12.8. The Hall–Kier alpha value is -3.26. The lowest BCUT2D eigenvalue weighted by Gasteiger charge is -2.29. The Morgan fingerprint density at radius 2 is 1.82 bits per heavy atom. The van der Waals surface area contributed by atoms with Crippen LogP contribution in [0.3, 0.4) is 0 Å². The van der Waals surface area contributed by atoms with E-state index in [1.165, 1.54) is 0 Å². The number of rotatable bonds is 6. The van der Waals surface area contributed by atoms with Crippen molar-refractivity contribution in [1.82, 2.24) is 9.88 Å². The molecule has 0 N–H and O–H groups in total. The molecule has 0 fully saturated rings. The van der Waals surface area contributed by atoms with Crippen molar-refractivity contribution >= 4 is 45.0 Å². The number of nitrogens with zero attached hydrogens (tertiary/aromatic N) is 2. The second-order valence-electron chi connectivity index (χ2n) is 10.8. The minimum atomic E-state index is -0.924. The molecule has 2 heterocycles. The number of carbonyl (C=O) groups excluding carboxylic acids is 2. The first kappa shape index (κ1) is 27.3. The number of thiazole rings is 1. The van der Waals surface area contributed by atoms with Crippen LogP contribution in [0.25, 0.3) is 31.9 Å². The van der Waals surface area contributed by atoms with Gasteiger partial charge in [-0.05, 0) is 81.6 Å². The zero-order chi connectivity index (χ0) is 28.1. The van der Waals surface area contributed by atoms with E-state index in [4.69, 9.17) is 26.1 Å². The van der Waals surface area contributed by atoms with Crippen LogP contribution in [0.2, 0.25) is 5.02 Å². The molecule has 0 unspecified atom stereocenters. The van der Waals surface area contributed by atoms with Crippen molar-refractivity contribution in [2.24, 2.45) is 0 Å². The van der Waals surface area contributed by atoms with Crippen LogP contribution in [0, 0.1) is 6.92 Å². The Morgan fingerprint density at radius 3 is 2.49 bits per heavy atom. The van der Waals surface area contributed by atoms with Crippen LogP contribution in [-0.2, 0) is 20.8 Å². The van der Waals surface area contributed by atoms with Crippen molar-refractivity contribution in [3.8, 4) is 21.7 Å². The molecule has 8 heteroatoms. The first-order chi connectivity index (χ1) is 18.5. The molecule has 0 saturated heterocycles. The van der Waals surface area contributed by atoms with Gasteiger partial charge in [-0.3, -0.25) is 4.79 Å². The highest BCUT2D eigenvalue weighted by atomic mass is 35.5. The van der Waals surface area contributed by atoms with E-state index in [0.29, 0.717) is 11.6 Å². The molecule has 1 atom stereocenters. The number of esters is 1. The first-order valence-electron chi connectivity index (χ1n) is 12.9. The van der Waals surface area contributed by atoms with Crippen LogP contribution in [0.5, 0.6) is 0 Å². The molecule has 0 aliphatic carbocycles. The third-order valence-electron chi connectivity index (χ3n) is 6.63. The van der Waals surface area contributed by atoms with E-state index in [9.17, 15) is 9.59 Å².